The van der Waals surface area contributed by atoms with Gasteiger partial charge in [0.15, 0.2) is 0 Å². The van der Waals surface area contributed by atoms with Crippen molar-refractivity contribution in [2.45, 2.75) is 24.0 Å². The van der Waals surface area contributed by atoms with E-state index < -0.39 is 10.0 Å². The molecule has 1 unspecified atom stereocenters. The highest BCUT2D eigenvalue weighted by atomic mass is 32.2. The van der Waals surface area contributed by atoms with Crippen LogP contribution >= 0.6 is 11.3 Å². The summed E-state index contributed by atoms with van der Waals surface area (Å²) in [5.41, 5.74) is 0. The van der Waals surface area contributed by atoms with E-state index in [-0.39, 0.29) is 24.9 Å². The standard InChI is InChI=1S/C14H18N2O3S2/c1-3-8-15-14(17)12-5-4-9-16(10-12)21(18,19)13-7-6-11(2)20-13/h1,6-7,12H,4-5,8-10H2,2H3,(H,15,17). The van der Waals surface area contributed by atoms with Gasteiger partial charge in [0, 0.05) is 18.0 Å². The number of nitrogens with zero attached hydrogens (tertiary/aromatic N) is 1. The number of sulfonamides is 1. The van der Waals surface area contributed by atoms with Crippen molar-refractivity contribution in [3.63, 3.8) is 0 Å². The van der Waals surface area contributed by atoms with E-state index in [0.717, 1.165) is 4.88 Å². The number of rotatable bonds is 4. The predicted octanol–water partition coefficient (Wildman–Crippen LogP) is 1.21. The first-order valence-electron chi connectivity index (χ1n) is 6.73. The molecule has 0 bridgehead atoms. The average Bonchev–Trinajstić information content (AvgIpc) is 2.92. The normalized spacial score (nSPS) is 19.9. The molecule has 1 aliphatic heterocycles. The van der Waals surface area contributed by atoms with Crippen molar-refractivity contribution in [3.8, 4) is 12.3 Å². The van der Waals surface area contributed by atoms with E-state index in [9.17, 15) is 13.2 Å². The van der Waals surface area contributed by atoms with E-state index in [4.69, 9.17) is 6.42 Å². The Balaban J connectivity index is 2.10. The summed E-state index contributed by atoms with van der Waals surface area (Å²) in [7, 11) is -3.50. The first-order valence-corrected chi connectivity index (χ1v) is 8.98. The Morgan fingerprint density at radius 2 is 2.33 bits per heavy atom. The highest BCUT2D eigenvalue weighted by molar-refractivity contribution is 7.91. The van der Waals surface area contributed by atoms with Crippen LogP contribution in [-0.2, 0) is 14.8 Å². The first-order chi connectivity index (χ1) is 9.95. The lowest BCUT2D eigenvalue weighted by Crippen LogP contribution is -2.45. The molecule has 0 aliphatic carbocycles. The number of carbonyl (C=O) groups is 1. The lowest BCUT2D eigenvalue weighted by atomic mass is 9.99. The van der Waals surface area contributed by atoms with Crippen LogP contribution in [-0.4, -0.2) is 38.3 Å². The molecule has 2 heterocycles. The zero-order chi connectivity index (χ0) is 15.5. The van der Waals surface area contributed by atoms with Crippen LogP contribution in [0.4, 0.5) is 0 Å². The van der Waals surface area contributed by atoms with Crippen LogP contribution in [0.1, 0.15) is 17.7 Å². The van der Waals surface area contributed by atoms with Gasteiger partial charge in [0.2, 0.25) is 5.91 Å². The second kappa shape index (κ2) is 6.60. The van der Waals surface area contributed by atoms with E-state index in [1.165, 1.54) is 15.6 Å². The van der Waals surface area contributed by atoms with Crippen molar-refractivity contribution < 1.29 is 13.2 Å². The minimum Gasteiger partial charge on any atom is -0.345 e. The molecule has 5 nitrogen and oxygen atoms in total. The van der Waals surface area contributed by atoms with Gasteiger partial charge in [-0.3, -0.25) is 4.79 Å². The summed E-state index contributed by atoms with van der Waals surface area (Å²) >= 11 is 1.26. The molecular weight excluding hydrogens is 308 g/mol. The fourth-order valence-corrected chi connectivity index (χ4v) is 5.30. The third kappa shape index (κ3) is 3.64. The fourth-order valence-electron chi connectivity index (χ4n) is 2.34. The minimum atomic E-state index is -3.50. The fraction of sp³-hybridized carbons (Fsp3) is 0.500. The Bertz CT molecular complexity index is 658. The van der Waals surface area contributed by atoms with Crippen molar-refractivity contribution in [2.24, 2.45) is 5.92 Å². The van der Waals surface area contributed by atoms with E-state index in [1.807, 2.05) is 6.92 Å². The van der Waals surface area contributed by atoms with Gasteiger partial charge in [-0.15, -0.1) is 17.8 Å². The lowest BCUT2D eigenvalue weighted by molar-refractivity contribution is -0.125. The number of nitrogens with one attached hydrogen (secondary N) is 1. The Labute approximate surface area is 129 Å². The molecule has 1 atom stereocenters. The Kier molecular flexibility index (Phi) is 5.04. The summed E-state index contributed by atoms with van der Waals surface area (Å²) in [5.74, 6) is 1.84. The molecule has 1 saturated heterocycles. The van der Waals surface area contributed by atoms with Crippen LogP contribution < -0.4 is 5.32 Å². The second-order valence-corrected chi connectivity index (χ2v) is 8.44. The molecule has 1 fully saturated rings. The van der Waals surface area contributed by atoms with Gasteiger partial charge in [0.25, 0.3) is 10.0 Å². The SMILES string of the molecule is C#CCNC(=O)C1CCCN(S(=O)(=O)c2ccc(C)s2)C1. The van der Waals surface area contributed by atoms with Gasteiger partial charge < -0.3 is 5.32 Å². The van der Waals surface area contributed by atoms with Crippen LogP contribution in [0.2, 0.25) is 0 Å². The summed E-state index contributed by atoms with van der Waals surface area (Å²) in [5, 5.41) is 2.62. The van der Waals surface area contributed by atoms with Gasteiger partial charge in [-0.2, -0.15) is 4.31 Å². The molecule has 2 rings (SSSR count). The molecule has 21 heavy (non-hydrogen) atoms. The van der Waals surface area contributed by atoms with E-state index in [1.54, 1.807) is 12.1 Å². The summed E-state index contributed by atoms with van der Waals surface area (Å²) in [6, 6.07) is 3.41. The first kappa shape index (κ1) is 16.0. The molecular formula is C14H18N2O3S2. The molecule has 1 aromatic heterocycles. The molecule has 1 amide bonds. The third-order valence-electron chi connectivity index (χ3n) is 3.43. The molecule has 0 radical (unpaired) electrons. The smallest absolute Gasteiger partial charge is 0.252 e. The second-order valence-electron chi connectivity index (χ2n) is 4.99. The van der Waals surface area contributed by atoms with E-state index in [2.05, 4.69) is 11.2 Å². The van der Waals surface area contributed by atoms with Gasteiger partial charge >= 0.3 is 0 Å². The Hall–Kier alpha value is -1.36. The van der Waals surface area contributed by atoms with Gasteiger partial charge in [-0.25, -0.2) is 8.42 Å². The molecule has 0 aromatic carbocycles. The predicted molar refractivity (Wildman–Crippen MR) is 82.4 cm³/mol. The average molecular weight is 326 g/mol. The summed E-state index contributed by atoms with van der Waals surface area (Å²) in [6.07, 6.45) is 6.48. The molecule has 1 aliphatic rings. The topological polar surface area (TPSA) is 66.5 Å². The maximum absolute atomic E-state index is 12.6. The van der Waals surface area contributed by atoms with E-state index >= 15 is 0 Å². The minimum absolute atomic E-state index is 0.171. The number of hydrogen-bond donors (Lipinski definition) is 1. The number of amides is 1. The van der Waals surface area contributed by atoms with Crippen molar-refractivity contribution in [1.29, 1.82) is 0 Å². The number of thiophene rings is 1. The van der Waals surface area contributed by atoms with Crippen molar-refractivity contribution in [1.82, 2.24) is 9.62 Å². The molecule has 7 heteroatoms. The van der Waals surface area contributed by atoms with Crippen LogP contribution in [0, 0.1) is 25.2 Å². The van der Waals surface area contributed by atoms with Gasteiger partial charge in [-0.05, 0) is 31.9 Å². The van der Waals surface area contributed by atoms with E-state index in [0.29, 0.717) is 23.6 Å². The third-order valence-corrected chi connectivity index (χ3v) is 6.76. The highest BCUT2D eigenvalue weighted by Gasteiger charge is 2.33. The zero-order valence-corrected chi connectivity index (χ0v) is 13.5. The number of carbonyl (C=O) groups excluding carboxylic acids is 1. The van der Waals surface area contributed by atoms with Crippen molar-refractivity contribution >= 4 is 27.3 Å². The lowest BCUT2D eigenvalue weighted by Gasteiger charge is -2.30. The quantitative estimate of drug-likeness (QED) is 0.846. The number of terminal acetylenes is 1. The summed E-state index contributed by atoms with van der Waals surface area (Å²) < 4.78 is 26.9. The van der Waals surface area contributed by atoms with Gasteiger partial charge in [-0.1, -0.05) is 5.92 Å². The maximum atomic E-state index is 12.6. The summed E-state index contributed by atoms with van der Waals surface area (Å²) in [6.45, 7) is 2.72. The van der Waals surface area contributed by atoms with Crippen LogP contribution in [0.15, 0.2) is 16.3 Å². The van der Waals surface area contributed by atoms with Crippen molar-refractivity contribution in [3.05, 3.63) is 17.0 Å². The summed E-state index contributed by atoms with van der Waals surface area (Å²) in [4.78, 5) is 12.9. The number of piperidine rings is 1. The molecule has 1 aromatic rings. The monoisotopic (exact) mass is 326 g/mol. The van der Waals surface area contributed by atoms with Crippen LogP contribution in [0.25, 0.3) is 0 Å². The largest absolute Gasteiger partial charge is 0.345 e. The van der Waals surface area contributed by atoms with Crippen molar-refractivity contribution in [2.75, 3.05) is 19.6 Å². The number of aryl methyl sites for hydroxylation is 1. The van der Waals surface area contributed by atoms with Gasteiger partial charge in [0.05, 0.1) is 12.5 Å². The molecule has 114 valence electrons. The zero-order valence-electron chi connectivity index (χ0n) is 11.8. The molecule has 0 spiro atoms. The Morgan fingerprint density at radius 3 is 2.95 bits per heavy atom. The molecule has 0 saturated carbocycles. The van der Waals surface area contributed by atoms with Crippen LogP contribution in [0.5, 0.6) is 0 Å². The molecule has 1 N–H and O–H groups in total. The number of hydrogen-bond acceptors (Lipinski definition) is 4. The highest BCUT2D eigenvalue weighted by Crippen LogP contribution is 2.28. The maximum Gasteiger partial charge on any atom is 0.252 e. The van der Waals surface area contributed by atoms with Crippen LogP contribution in [0.3, 0.4) is 0 Å². The Morgan fingerprint density at radius 1 is 1.57 bits per heavy atom. The van der Waals surface area contributed by atoms with Gasteiger partial charge in [0.1, 0.15) is 4.21 Å².